The number of hydrogen-bond acceptors (Lipinski definition) is 3. The number of nitrogens with zero attached hydrogens (tertiary/aromatic N) is 2. The summed E-state index contributed by atoms with van der Waals surface area (Å²) in [5.74, 6) is 1.32. The molecule has 150 valence electrons. The summed E-state index contributed by atoms with van der Waals surface area (Å²) in [6.07, 6.45) is 1.75. The van der Waals surface area contributed by atoms with Crippen molar-refractivity contribution >= 4 is 28.5 Å². The van der Waals surface area contributed by atoms with Gasteiger partial charge >= 0.3 is 6.03 Å². The average Bonchev–Trinajstić information content (AvgIpc) is 3.11. The predicted molar refractivity (Wildman–Crippen MR) is 115 cm³/mol. The van der Waals surface area contributed by atoms with Crippen molar-refractivity contribution in [3.8, 4) is 0 Å². The summed E-state index contributed by atoms with van der Waals surface area (Å²) < 4.78 is 0. The summed E-state index contributed by atoms with van der Waals surface area (Å²) in [6.45, 7) is 7.09. The predicted octanol–water partition coefficient (Wildman–Crippen LogP) is 4.79. The van der Waals surface area contributed by atoms with Crippen LogP contribution in [0, 0.1) is 13.8 Å². The van der Waals surface area contributed by atoms with Gasteiger partial charge in [0.15, 0.2) is 5.78 Å². The molecule has 0 saturated carbocycles. The molecule has 1 aromatic heterocycles. The van der Waals surface area contributed by atoms with Crippen LogP contribution in [0.4, 0.5) is 10.5 Å². The maximum Gasteiger partial charge on any atom is 0.321 e. The van der Waals surface area contributed by atoms with E-state index in [4.69, 9.17) is 4.98 Å². The van der Waals surface area contributed by atoms with Crippen molar-refractivity contribution in [2.45, 2.75) is 39.5 Å². The van der Waals surface area contributed by atoms with E-state index in [0.717, 1.165) is 29.7 Å². The van der Waals surface area contributed by atoms with Crippen LogP contribution in [0.25, 0.3) is 11.0 Å². The number of amides is 2. The summed E-state index contributed by atoms with van der Waals surface area (Å²) in [5.41, 5.74) is 5.83. The van der Waals surface area contributed by atoms with Gasteiger partial charge in [-0.2, -0.15) is 0 Å². The first-order chi connectivity index (χ1) is 13.9. The SMILES string of the molecule is CC(=O)c1cccc(NC(=O)N2CCC(c3nc4cc(C)c(C)cc4[nH]3)CC2)c1. The van der Waals surface area contributed by atoms with E-state index in [1.54, 1.807) is 24.3 Å². The highest BCUT2D eigenvalue weighted by Crippen LogP contribution is 2.29. The van der Waals surface area contributed by atoms with E-state index in [9.17, 15) is 9.59 Å². The Balaban J connectivity index is 1.39. The number of anilines is 1. The maximum absolute atomic E-state index is 12.6. The fourth-order valence-electron chi connectivity index (χ4n) is 3.86. The molecule has 2 heterocycles. The molecule has 2 amide bonds. The van der Waals surface area contributed by atoms with Crippen LogP contribution in [-0.4, -0.2) is 39.8 Å². The average molecular weight is 390 g/mol. The second-order valence-electron chi connectivity index (χ2n) is 7.90. The van der Waals surface area contributed by atoms with Gasteiger partial charge in [0, 0.05) is 30.3 Å². The molecule has 4 rings (SSSR count). The van der Waals surface area contributed by atoms with Gasteiger partial charge in [-0.1, -0.05) is 12.1 Å². The minimum Gasteiger partial charge on any atom is -0.342 e. The molecule has 1 saturated heterocycles. The number of hydrogen-bond donors (Lipinski definition) is 2. The van der Waals surface area contributed by atoms with Crippen molar-refractivity contribution < 1.29 is 9.59 Å². The van der Waals surface area contributed by atoms with Crippen molar-refractivity contribution in [3.63, 3.8) is 0 Å². The van der Waals surface area contributed by atoms with E-state index in [-0.39, 0.29) is 11.8 Å². The number of benzene rings is 2. The van der Waals surface area contributed by atoms with Crippen LogP contribution < -0.4 is 5.32 Å². The van der Waals surface area contributed by atoms with Gasteiger partial charge in [-0.3, -0.25) is 4.79 Å². The van der Waals surface area contributed by atoms with Gasteiger partial charge in [-0.25, -0.2) is 9.78 Å². The number of carbonyl (C=O) groups excluding carboxylic acids is 2. The van der Waals surface area contributed by atoms with Gasteiger partial charge < -0.3 is 15.2 Å². The molecule has 1 aliphatic heterocycles. The zero-order valence-electron chi connectivity index (χ0n) is 17.1. The van der Waals surface area contributed by atoms with Crippen molar-refractivity contribution in [1.82, 2.24) is 14.9 Å². The molecule has 1 fully saturated rings. The van der Waals surface area contributed by atoms with Crippen LogP contribution in [0.1, 0.15) is 53.0 Å². The zero-order chi connectivity index (χ0) is 20.5. The van der Waals surface area contributed by atoms with Crippen LogP contribution in [0.3, 0.4) is 0 Å². The number of aryl methyl sites for hydroxylation is 2. The monoisotopic (exact) mass is 390 g/mol. The molecule has 2 aromatic carbocycles. The third-order valence-electron chi connectivity index (χ3n) is 5.80. The molecule has 3 aromatic rings. The van der Waals surface area contributed by atoms with Crippen molar-refractivity contribution in [1.29, 1.82) is 0 Å². The number of piperidine rings is 1. The lowest BCUT2D eigenvalue weighted by molar-refractivity contribution is 0.101. The minimum atomic E-state index is -0.125. The van der Waals surface area contributed by atoms with E-state index in [0.29, 0.717) is 30.3 Å². The van der Waals surface area contributed by atoms with Crippen molar-refractivity contribution in [2.24, 2.45) is 0 Å². The number of likely N-dealkylation sites (tertiary alicyclic amines) is 1. The molecule has 6 nitrogen and oxygen atoms in total. The zero-order valence-corrected chi connectivity index (χ0v) is 17.1. The Morgan fingerprint density at radius 1 is 1.10 bits per heavy atom. The Morgan fingerprint density at radius 3 is 2.55 bits per heavy atom. The first kappa shape index (κ1) is 19.2. The highest BCUT2D eigenvalue weighted by Gasteiger charge is 2.26. The van der Waals surface area contributed by atoms with Gasteiger partial charge in [0.2, 0.25) is 0 Å². The summed E-state index contributed by atoms with van der Waals surface area (Å²) >= 11 is 0. The third kappa shape index (κ3) is 4.01. The lowest BCUT2D eigenvalue weighted by Gasteiger charge is -2.31. The Morgan fingerprint density at radius 2 is 1.83 bits per heavy atom. The Kier molecular flexibility index (Phi) is 5.09. The smallest absolute Gasteiger partial charge is 0.321 e. The third-order valence-corrected chi connectivity index (χ3v) is 5.80. The standard InChI is InChI=1S/C23H26N4O2/c1-14-11-20-21(12-15(14)2)26-22(25-20)17-7-9-27(10-8-17)23(29)24-19-6-4-5-18(13-19)16(3)28/h4-6,11-13,17H,7-10H2,1-3H3,(H,24,29)(H,25,26). The topological polar surface area (TPSA) is 78.1 Å². The van der Waals surface area contributed by atoms with Crippen molar-refractivity contribution in [2.75, 3.05) is 18.4 Å². The highest BCUT2D eigenvalue weighted by atomic mass is 16.2. The quantitative estimate of drug-likeness (QED) is 0.631. The van der Waals surface area contributed by atoms with E-state index >= 15 is 0 Å². The maximum atomic E-state index is 12.6. The summed E-state index contributed by atoms with van der Waals surface area (Å²) in [7, 11) is 0. The molecule has 0 unspecified atom stereocenters. The molecular weight excluding hydrogens is 364 g/mol. The lowest BCUT2D eigenvalue weighted by Crippen LogP contribution is -2.40. The van der Waals surface area contributed by atoms with Crippen LogP contribution in [0.2, 0.25) is 0 Å². The largest absolute Gasteiger partial charge is 0.342 e. The molecule has 0 bridgehead atoms. The van der Waals surface area contributed by atoms with Gasteiger partial charge in [0.1, 0.15) is 5.82 Å². The molecule has 6 heteroatoms. The van der Waals surface area contributed by atoms with Crippen LogP contribution in [0.5, 0.6) is 0 Å². The molecule has 2 N–H and O–H groups in total. The molecule has 0 aliphatic carbocycles. The number of carbonyl (C=O) groups is 2. The number of fused-ring (bicyclic) bond motifs is 1. The minimum absolute atomic E-state index is 0.0156. The fraction of sp³-hybridized carbons (Fsp3) is 0.348. The summed E-state index contributed by atoms with van der Waals surface area (Å²) in [4.78, 5) is 34.2. The highest BCUT2D eigenvalue weighted by molar-refractivity contribution is 5.96. The fourth-order valence-corrected chi connectivity index (χ4v) is 3.86. The Bertz CT molecular complexity index is 1040. The molecular formula is C23H26N4O2. The molecule has 0 radical (unpaired) electrons. The van der Waals surface area contributed by atoms with Gasteiger partial charge in [-0.05, 0) is 69.0 Å². The van der Waals surface area contributed by atoms with E-state index < -0.39 is 0 Å². The van der Waals surface area contributed by atoms with Gasteiger partial charge in [0.05, 0.1) is 11.0 Å². The number of H-pyrrole nitrogens is 1. The Hall–Kier alpha value is -3.15. The first-order valence-electron chi connectivity index (χ1n) is 10.0. The van der Waals surface area contributed by atoms with E-state index in [2.05, 4.69) is 36.3 Å². The summed E-state index contributed by atoms with van der Waals surface area (Å²) in [6, 6.07) is 11.2. The van der Waals surface area contributed by atoms with Crippen molar-refractivity contribution in [3.05, 3.63) is 58.9 Å². The number of ketones is 1. The normalized spacial score (nSPS) is 14.9. The lowest BCUT2D eigenvalue weighted by atomic mass is 9.96. The molecule has 0 atom stereocenters. The van der Waals surface area contributed by atoms with Gasteiger partial charge in [-0.15, -0.1) is 0 Å². The van der Waals surface area contributed by atoms with Gasteiger partial charge in [0.25, 0.3) is 0 Å². The number of nitrogens with one attached hydrogen (secondary N) is 2. The molecule has 29 heavy (non-hydrogen) atoms. The first-order valence-corrected chi connectivity index (χ1v) is 10.0. The number of imidazole rings is 1. The number of aromatic nitrogens is 2. The van der Waals surface area contributed by atoms with Crippen LogP contribution in [0.15, 0.2) is 36.4 Å². The van der Waals surface area contributed by atoms with Crippen LogP contribution in [-0.2, 0) is 0 Å². The number of Topliss-reactive ketones (excluding diaryl/α,β-unsaturated/α-hetero) is 1. The van der Waals surface area contributed by atoms with E-state index in [1.165, 1.54) is 18.1 Å². The molecule has 1 aliphatic rings. The Labute approximate surface area is 170 Å². The second-order valence-corrected chi connectivity index (χ2v) is 7.90. The number of rotatable bonds is 3. The number of aromatic amines is 1. The second kappa shape index (κ2) is 7.70. The molecule has 0 spiro atoms. The number of urea groups is 1. The van der Waals surface area contributed by atoms with Crippen LogP contribution >= 0.6 is 0 Å². The summed E-state index contributed by atoms with van der Waals surface area (Å²) in [5, 5.41) is 2.91. The van der Waals surface area contributed by atoms with E-state index in [1.807, 2.05) is 4.90 Å².